The molecule has 0 amide bonds. The van der Waals surface area contributed by atoms with Crippen LogP contribution in [0.15, 0.2) is 18.2 Å². The number of aromatic hydroxyl groups is 1. The zero-order valence-corrected chi connectivity index (χ0v) is 9.30. The zero-order valence-electron chi connectivity index (χ0n) is 8.55. The number of aromatic amines is 1. The lowest BCUT2D eigenvalue weighted by Crippen LogP contribution is -3.00. The molecule has 3 nitrogen and oxygen atoms in total. The van der Waals surface area contributed by atoms with Gasteiger partial charge in [0.1, 0.15) is 5.75 Å². The number of rotatable bonds is 2. The Hall–Kier alpha value is -1.19. The van der Waals surface area contributed by atoms with Gasteiger partial charge in [0.25, 0.3) is 0 Å². The average Bonchev–Trinajstić information content (AvgIpc) is 2.45. The Balaban J connectivity index is 0.00000112. The van der Waals surface area contributed by atoms with Gasteiger partial charge in [0.15, 0.2) is 0 Å². The zero-order chi connectivity index (χ0) is 10.1. The smallest absolute Gasteiger partial charge is 0.116 e. The first-order valence-electron chi connectivity index (χ1n) is 4.72. The minimum atomic E-state index is 0. The van der Waals surface area contributed by atoms with E-state index in [1.807, 2.05) is 13.0 Å². The van der Waals surface area contributed by atoms with Crippen molar-refractivity contribution in [1.29, 1.82) is 0 Å². The molecule has 0 saturated carbocycles. The number of halogens is 1. The molecule has 0 atom stereocenters. The summed E-state index contributed by atoms with van der Waals surface area (Å²) in [5, 5.41) is 10.5. The van der Waals surface area contributed by atoms with Gasteiger partial charge in [-0.05, 0) is 43.7 Å². The summed E-state index contributed by atoms with van der Waals surface area (Å²) in [5.74, 6) is 0.301. The molecule has 0 radical (unpaired) electrons. The van der Waals surface area contributed by atoms with Crippen molar-refractivity contribution >= 4 is 10.9 Å². The fourth-order valence-electron chi connectivity index (χ4n) is 1.84. The minimum absolute atomic E-state index is 0. The highest BCUT2D eigenvalue weighted by molar-refractivity contribution is 5.85. The first-order valence-corrected chi connectivity index (χ1v) is 4.72. The first-order chi connectivity index (χ1) is 6.72. The molecule has 2 rings (SSSR count). The van der Waals surface area contributed by atoms with Gasteiger partial charge in [-0.2, -0.15) is 0 Å². The molecule has 0 saturated heterocycles. The summed E-state index contributed by atoms with van der Waals surface area (Å²) in [6.45, 7) is 2.66. The Morgan fingerprint density at radius 1 is 1.40 bits per heavy atom. The fraction of sp³-hybridized carbons (Fsp3) is 0.273. The van der Waals surface area contributed by atoms with Gasteiger partial charge in [0.05, 0.1) is 0 Å². The summed E-state index contributed by atoms with van der Waals surface area (Å²) in [6.07, 6.45) is 0.843. The topological polar surface area (TPSA) is 62.0 Å². The van der Waals surface area contributed by atoms with Crippen LogP contribution in [0.5, 0.6) is 5.75 Å². The van der Waals surface area contributed by atoms with Crippen molar-refractivity contribution in [2.45, 2.75) is 13.3 Å². The number of aromatic nitrogens is 1. The Kier molecular flexibility index (Phi) is 3.61. The number of phenolic OH excluding ortho intramolecular Hbond substituents is 1. The van der Waals surface area contributed by atoms with Crippen LogP contribution in [0.25, 0.3) is 10.9 Å². The predicted octanol–water partition coefficient (Wildman–Crippen LogP) is -1.31. The molecule has 0 spiro atoms. The lowest BCUT2D eigenvalue weighted by molar-refractivity contribution is -0.00000413. The van der Waals surface area contributed by atoms with Crippen molar-refractivity contribution in [1.82, 2.24) is 4.98 Å². The lowest BCUT2D eigenvalue weighted by atomic mass is 10.1. The number of nitrogens with one attached hydrogen (secondary N) is 1. The van der Waals surface area contributed by atoms with Gasteiger partial charge in [-0.1, -0.05) is 0 Å². The van der Waals surface area contributed by atoms with Crippen LogP contribution in [0, 0.1) is 6.92 Å². The van der Waals surface area contributed by atoms with Crippen LogP contribution in [0.1, 0.15) is 11.3 Å². The van der Waals surface area contributed by atoms with Crippen molar-refractivity contribution in [3.8, 4) is 5.75 Å². The van der Waals surface area contributed by atoms with Crippen molar-refractivity contribution in [3.05, 3.63) is 29.5 Å². The molecule has 15 heavy (non-hydrogen) atoms. The van der Waals surface area contributed by atoms with Crippen LogP contribution in [0.4, 0.5) is 0 Å². The average molecular weight is 226 g/mol. The van der Waals surface area contributed by atoms with Crippen LogP contribution in [0.3, 0.4) is 0 Å². The van der Waals surface area contributed by atoms with E-state index >= 15 is 0 Å². The molecule has 0 aliphatic rings. The third kappa shape index (κ3) is 2.08. The lowest BCUT2D eigenvalue weighted by Gasteiger charge is -1.98. The normalized spacial score (nSPS) is 10.3. The Labute approximate surface area is 94.7 Å². The van der Waals surface area contributed by atoms with Crippen molar-refractivity contribution in [3.63, 3.8) is 0 Å². The van der Waals surface area contributed by atoms with E-state index in [0.717, 1.165) is 23.0 Å². The fourth-order valence-corrected chi connectivity index (χ4v) is 1.84. The van der Waals surface area contributed by atoms with Crippen LogP contribution < -0.4 is 18.1 Å². The summed E-state index contributed by atoms with van der Waals surface area (Å²) < 4.78 is 0. The van der Waals surface area contributed by atoms with Crippen LogP contribution in [-0.2, 0) is 6.42 Å². The monoisotopic (exact) mass is 225 g/mol. The van der Waals surface area contributed by atoms with E-state index in [9.17, 15) is 5.11 Å². The van der Waals surface area contributed by atoms with E-state index in [0.29, 0.717) is 12.3 Å². The number of nitrogens with two attached hydrogens (primary N) is 1. The van der Waals surface area contributed by atoms with E-state index in [1.165, 1.54) is 5.56 Å². The Morgan fingerprint density at radius 2 is 2.13 bits per heavy atom. The molecule has 0 fully saturated rings. The molecule has 0 aliphatic heterocycles. The number of phenols is 1. The van der Waals surface area contributed by atoms with Crippen LogP contribution in [0.2, 0.25) is 0 Å². The van der Waals surface area contributed by atoms with Gasteiger partial charge in [-0.25, -0.2) is 0 Å². The second-order valence-corrected chi connectivity index (χ2v) is 3.50. The number of fused-ring (bicyclic) bond motifs is 1. The second kappa shape index (κ2) is 4.55. The highest BCUT2D eigenvalue weighted by atomic mass is 35.5. The molecule has 2 aromatic rings. The molecule has 0 unspecified atom stereocenters. The third-order valence-corrected chi connectivity index (χ3v) is 2.50. The Morgan fingerprint density at radius 3 is 2.80 bits per heavy atom. The third-order valence-electron chi connectivity index (χ3n) is 2.50. The highest BCUT2D eigenvalue weighted by Crippen LogP contribution is 2.25. The standard InChI is InChI=1S/C11H14N2O.ClH/c1-7-9(4-5-12)10-6-8(14)2-3-11(10)13-7;/h2-3,6,13-14H,4-5,12H2,1H3;1H/p-1. The molecule has 4 N–H and O–H groups in total. The Bertz CT molecular complexity index is 465. The maximum absolute atomic E-state index is 9.39. The van der Waals surface area contributed by atoms with E-state index < -0.39 is 0 Å². The first kappa shape index (κ1) is 11.9. The number of H-pyrrole nitrogens is 1. The number of benzene rings is 1. The molecule has 0 bridgehead atoms. The summed E-state index contributed by atoms with van der Waals surface area (Å²) in [5.41, 5.74) is 8.94. The maximum atomic E-state index is 9.39. The second-order valence-electron chi connectivity index (χ2n) is 3.50. The van der Waals surface area contributed by atoms with E-state index in [-0.39, 0.29) is 12.4 Å². The van der Waals surface area contributed by atoms with Gasteiger partial charge >= 0.3 is 0 Å². The number of hydrogen-bond donors (Lipinski definition) is 3. The summed E-state index contributed by atoms with van der Waals surface area (Å²) in [4.78, 5) is 3.27. The van der Waals surface area contributed by atoms with E-state index in [1.54, 1.807) is 12.1 Å². The van der Waals surface area contributed by atoms with Gasteiger partial charge in [0, 0.05) is 16.6 Å². The van der Waals surface area contributed by atoms with Crippen molar-refractivity contribution in [2.24, 2.45) is 5.73 Å². The summed E-state index contributed by atoms with van der Waals surface area (Å²) >= 11 is 0. The molecule has 82 valence electrons. The van der Waals surface area contributed by atoms with E-state index in [2.05, 4.69) is 4.98 Å². The number of hydrogen-bond acceptors (Lipinski definition) is 2. The molecule has 1 aromatic heterocycles. The molecule has 1 heterocycles. The van der Waals surface area contributed by atoms with Gasteiger partial charge < -0.3 is 28.2 Å². The van der Waals surface area contributed by atoms with E-state index in [4.69, 9.17) is 5.73 Å². The molecule has 1 aromatic carbocycles. The quantitative estimate of drug-likeness (QED) is 0.594. The SMILES string of the molecule is Cc1[nH]c2ccc(O)cc2c1CCN.[Cl-]. The van der Waals surface area contributed by atoms with Crippen molar-refractivity contribution < 1.29 is 17.5 Å². The highest BCUT2D eigenvalue weighted by Gasteiger charge is 2.07. The van der Waals surface area contributed by atoms with Gasteiger partial charge in [-0.15, -0.1) is 0 Å². The largest absolute Gasteiger partial charge is 1.00 e. The van der Waals surface area contributed by atoms with Crippen LogP contribution >= 0.6 is 0 Å². The van der Waals surface area contributed by atoms with Crippen molar-refractivity contribution in [2.75, 3.05) is 6.54 Å². The molecule has 0 aliphatic carbocycles. The minimum Gasteiger partial charge on any atom is -1.00 e. The van der Waals surface area contributed by atoms with Crippen LogP contribution in [-0.4, -0.2) is 16.6 Å². The van der Waals surface area contributed by atoms with Gasteiger partial charge in [-0.3, -0.25) is 0 Å². The summed E-state index contributed by atoms with van der Waals surface area (Å²) in [7, 11) is 0. The molecule has 4 heteroatoms. The number of aryl methyl sites for hydroxylation is 1. The van der Waals surface area contributed by atoms with Gasteiger partial charge in [0.2, 0.25) is 0 Å². The summed E-state index contributed by atoms with van der Waals surface area (Å²) in [6, 6.07) is 5.35. The molecular weight excluding hydrogens is 212 g/mol. The maximum Gasteiger partial charge on any atom is 0.116 e. The molecular formula is C11H14ClN2O-. The predicted molar refractivity (Wildman–Crippen MR) is 57.5 cm³/mol.